The normalized spacial score (nSPS) is 10.7. The van der Waals surface area contributed by atoms with Crippen molar-refractivity contribution in [1.82, 2.24) is 14.7 Å². The Labute approximate surface area is 146 Å². The maximum Gasteiger partial charge on any atom is 0.257 e. The van der Waals surface area contributed by atoms with Crippen molar-refractivity contribution in [3.63, 3.8) is 0 Å². The third-order valence-electron chi connectivity index (χ3n) is 4.19. The second kappa shape index (κ2) is 6.89. The first-order chi connectivity index (χ1) is 12.0. The molecule has 128 valence electrons. The largest absolute Gasteiger partial charge is 0.337 e. The lowest BCUT2D eigenvalue weighted by Gasteiger charge is -2.17. The number of carbonyl (C=O) groups is 1. The molecule has 3 rings (SSSR count). The molecule has 0 fully saturated rings. The van der Waals surface area contributed by atoms with Crippen LogP contribution in [0.15, 0.2) is 54.6 Å². The van der Waals surface area contributed by atoms with Crippen LogP contribution in [0, 0.1) is 19.7 Å². The zero-order valence-corrected chi connectivity index (χ0v) is 14.5. The minimum atomic E-state index is -0.284. The zero-order valence-electron chi connectivity index (χ0n) is 14.5. The van der Waals surface area contributed by atoms with E-state index in [1.807, 2.05) is 44.2 Å². The Morgan fingerprint density at radius 1 is 1.08 bits per heavy atom. The Morgan fingerprint density at radius 3 is 2.36 bits per heavy atom. The van der Waals surface area contributed by atoms with Gasteiger partial charge in [0.05, 0.1) is 22.6 Å². The van der Waals surface area contributed by atoms with Crippen molar-refractivity contribution < 1.29 is 9.18 Å². The Hall–Kier alpha value is -2.95. The van der Waals surface area contributed by atoms with Crippen LogP contribution >= 0.6 is 0 Å². The SMILES string of the molecule is Cc1nn(-c2ccccc2)c(C)c1C(=O)N(C)Cc1ccc(F)cc1. The topological polar surface area (TPSA) is 38.1 Å². The summed E-state index contributed by atoms with van der Waals surface area (Å²) in [7, 11) is 1.74. The molecule has 25 heavy (non-hydrogen) atoms. The number of rotatable bonds is 4. The molecule has 0 aliphatic heterocycles. The van der Waals surface area contributed by atoms with Crippen molar-refractivity contribution in [3.8, 4) is 5.69 Å². The monoisotopic (exact) mass is 337 g/mol. The van der Waals surface area contributed by atoms with Crippen LogP contribution in [0.5, 0.6) is 0 Å². The second-order valence-electron chi connectivity index (χ2n) is 6.08. The van der Waals surface area contributed by atoms with Gasteiger partial charge in [-0.2, -0.15) is 5.10 Å². The van der Waals surface area contributed by atoms with E-state index >= 15 is 0 Å². The number of carbonyl (C=O) groups excluding carboxylic acids is 1. The minimum Gasteiger partial charge on any atom is -0.337 e. The first kappa shape index (κ1) is 16.9. The van der Waals surface area contributed by atoms with Crippen LogP contribution < -0.4 is 0 Å². The molecule has 0 radical (unpaired) electrons. The van der Waals surface area contributed by atoms with Crippen molar-refractivity contribution in [2.45, 2.75) is 20.4 Å². The maximum atomic E-state index is 13.0. The molecule has 1 aromatic heterocycles. The van der Waals surface area contributed by atoms with Gasteiger partial charge in [0.25, 0.3) is 5.91 Å². The molecular formula is C20H20FN3O. The van der Waals surface area contributed by atoms with E-state index in [2.05, 4.69) is 5.10 Å². The highest BCUT2D eigenvalue weighted by molar-refractivity contribution is 5.96. The molecule has 0 spiro atoms. The molecule has 0 saturated carbocycles. The highest BCUT2D eigenvalue weighted by Crippen LogP contribution is 2.20. The summed E-state index contributed by atoms with van der Waals surface area (Å²) in [6.45, 7) is 4.14. The fraction of sp³-hybridized carbons (Fsp3) is 0.200. The summed E-state index contributed by atoms with van der Waals surface area (Å²) in [4.78, 5) is 14.5. The van der Waals surface area contributed by atoms with Crippen molar-refractivity contribution >= 4 is 5.91 Å². The number of aryl methyl sites for hydroxylation is 1. The minimum absolute atomic E-state index is 0.0958. The number of para-hydroxylation sites is 1. The first-order valence-electron chi connectivity index (χ1n) is 8.09. The van der Waals surface area contributed by atoms with Gasteiger partial charge in [-0.25, -0.2) is 9.07 Å². The number of benzene rings is 2. The Balaban J connectivity index is 1.87. The second-order valence-corrected chi connectivity index (χ2v) is 6.08. The third-order valence-corrected chi connectivity index (χ3v) is 4.19. The molecule has 0 aliphatic carbocycles. The van der Waals surface area contributed by atoms with Gasteiger partial charge in [0.2, 0.25) is 0 Å². The van der Waals surface area contributed by atoms with Crippen molar-refractivity contribution in [3.05, 3.63) is 82.9 Å². The number of hydrogen-bond acceptors (Lipinski definition) is 2. The number of amides is 1. The van der Waals surface area contributed by atoms with E-state index in [-0.39, 0.29) is 11.7 Å². The molecular weight excluding hydrogens is 317 g/mol. The average molecular weight is 337 g/mol. The van der Waals surface area contributed by atoms with Crippen LogP contribution in [0.3, 0.4) is 0 Å². The molecule has 0 unspecified atom stereocenters. The van der Waals surface area contributed by atoms with Crippen LogP contribution in [-0.4, -0.2) is 27.6 Å². The van der Waals surface area contributed by atoms with Crippen molar-refractivity contribution in [2.24, 2.45) is 0 Å². The van der Waals surface area contributed by atoms with Crippen LogP contribution in [0.2, 0.25) is 0 Å². The highest BCUT2D eigenvalue weighted by Gasteiger charge is 2.22. The van der Waals surface area contributed by atoms with E-state index in [1.165, 1.54) is 12.1 Å². The first-order valence-corrected chi connectivity index (χ1v) is 8.09. The zero-order chi connectivity index (χ0) is 18.0. The molecule has 1 heterocycles. The quantitative estimate of drug-likeness (QED) is 0.724. The highest BCUT2D eigenvalue weighted by atomic mass is 19.1. The van der Waals surface area contributed by atoms with Crippen molar-refractivity contribution in [2.75, 3.05) is 7.05 Å². The summed E-state index contributed by atoms with van der Waals surface area (Å²) in [5.74, 6) is -0.380. The fourth-order valence-electron chi connectivity index (χ4n) is 2.90. The van der Waals surface area contributed by atoms with Gasteiger partial charge in [-0.05, 0) is 43.7 Å². The summed E-state index contributed by atoms with van der Waals surface area (Å²) in [6, 6.07) is 15.9. The van der Waals surface area contributed by atoms with Gasteiger partial charge in [0.1, 0.15) is 5.82 Å². The molecule has 5 heteroatoms. The van der Waals surface area contributed by atoms with Gasteiger partial charge in [0.15, 0.2) is 0 Å². The summed E-state index contributed by atoms with van der Waals surface area (Å²) in [6.07, 6.45) is 0. The van der Waals surface area contributed by atoms with Crippen LogP contribution in [0.1, 0.15) is 27.3 Å². The summed E-state index contributed by atoms with van der Waals surface area (Å²) < 4.78 is 14.8. The molecule has 1 amide bonds. The lowest BCUT2D eigenvalue weighted by atomic mass is 10.1. The maximum absolute atomic E-state index is 13.0. The van der Waals surface area contributed by atoms with E-state index < -0.39 is 0 Å². The fourth-order valence-corrected chi connectivity index (χ4v) is 2.90. The van der Waals surface area contributed by atoms with E-state index in [1.54, 1.807) is 28.8 Å². The standard InChI is InChI=1S/C20H20FN3O/c1-14-19(15(2)24(22-14)18-7-5-4-6-8-18)20(25)23(3)13-16-9-11-17(21)12-10-16/h4-12H,13H2,1-3H3. The van der Waals surface area contributed by atoms with Gasteiger partial charge in [-0.15, -0.1) is 0 Å². The summed E-state index contributed by atoms with van der Waals surface area (Å²) in [5.41, 5.74) is 3.90. The number of nitrogens with zero attached hydrogens (tertiary/aromatic N) is 3. The van der Waals surface area contributed by atoms with E-state index in [0.29, 0.717) is 17.8 Å². The third kappa shape index (κ3) is 3.45. The van der Waals surface area contributed by atoms with Gasteiger partial charge < -0.3 is 4.90 Å². The van der Waals surface area contributed by atoms with Crippen LogP contribution in [0.25, 0.3) is 5.69 Å². The van der Waals surface area contributed by atoms with Gasteiger partial charge in [0, 0.05) is 13.6 Å². The van der Waals surface area contributed by atoms with Gasteiger partial charge >= 0.3 is 0 Å². The van der Waals surface area contributed by atoms with E-state index in [9.17, 15) is 9.18 Å². The Bertz CT molecular complexity index is 885. The molecule has 0 saturated heterocycles. The number of aromatic nitrogens is 2. The van der Waals surface area contributed by atoms with Crippen LogP contribution in [-0.2, 0) is 6.54 Å². The van der Waals surface area contributed by atoms with Crippen molar-refractivity contribution in [1.29, 1.82) is 0 Å². The molecule has 0 N–H and O–H groups in total. The molecule has 2 aromatic carbocycles. The molecule has 0 bridgehead atoms. The van der Waals surface area contributed by atoms with Crippen LogP contribution in [0.4, 0.5) is 4.39 Å². The lowest BCUT2D eigenvalue weighted by molar-refractivity contribution is 0.0783. The predicted octanol–water partition coefficient (Wildman–Crippen LogP) is 3.90. The molecule has 4 nitrogen and oxygen atoms in total. The summed E-state index contributed by atoms with van der Waals surface area (Å²) >= 11 is 0. The van der Waals surface area contributed by atoms with Gasteiger partial charge in [-0.3, -0.25) is 4.79 Å². The number of halogens is 1. The van der Waals surface area contributed by atoms with Gasteiger partial charge in [-0.1, -0.05) is 30.3 Å². The predicted molar refractivity (Wildman–Crippen MR) is 95.2 cm³/mol. The molecule has 0 aliphatic rings. The lowest BCUT2D eigenvalue weighted by Crippen LogP contribution is -2.27. The molecule has 3 aromatic rings. The average Bonchev–Trinajstić information content (AvgIpc) is 2.91. The Kier molecular flexibility index (Phi) is 4.65. The summed E-state index contributed by atoms with van der Waals surface area (Å²) in [5, 5.41) is 4.52. The number of hydrogen-bond donors (Lipinski definition) is 0. The van der Waals surface area contributed by atoms with E-state index in [4.69, 9.17) is 0 Å². The Morgan fingerprint density at radius 2 is 1.72 bits per heavy atom. The van der Waals surface area contributed by atoms with E-state index in [0.717, 1.165) is 16.9 Å². The smallest absolute Gasteiger partial charge is 0.257 e. The molecule has 0 atom stereocenters.